The van der Waals surface area contributed by atoms with Crippen LogP contribution in [0, 0.1) is 17.0 Å². The fourth-order valence-corrected chi connectivity index (χ4v) is 6.04. The molecule has 1 N–H and O–H groups in total. The Bertz CT molecular complexity index is 1790. The number of allylic oxidation sites excluding steroid dienone is 1. The van der Waals surface area contributed by atoms with Crippen molar-refractivity contribution < 1.29 is 28.7 Å². The predicted octanol–water partition coefficient (Wildman–Crippen LogP) is 7.82. The van der Waals surface area contributed by atoms with Crippen molar-refractivity contribution >= 4 is 40.2 Å². The fraction of sp³-hybridized carbons (Fsp3) is 0.212. The first-order chi connectivity index (χ1) is 20.5. The van der Waals surface area contributed by atoms with E-state index in [0.717, 1.165) is 32.8 Å². The lowest BCUT2D eigenvalue weighted by molar-refractivity contribution is -0.385. The number of nitrogens with one attached hydrogen (secondary N) is 1. The molecule has 0 unspecified atom stereocenters. The summed E-state index contributed by atoms with van der Waals surface area (Å²) < 4.78 is 17.1. The molecule has 0 radical (unpaired) electrons. The van der Waals surface area contributed by atoms with E-state index in [2.05, 4.69) is 25.2 Å². The second-order valence-corrected chi connectivity index (χ2v) is 12.0. The summed E-state index contributed by atoms with van der Waals surface area (Å²) >= 11 is 1.38. The standard InChI is InChI=1S/C33H30N2O7S/c1-19-17-33(3,4)34-26-14-13-22(25(30(19)26)18-41-32(37)29-15-10-20(2)43-29)23-12-11-21(16-28(23)40-5)42-31(36)24-8-6-7-9-27(24)35(38)39/h6-17,34H,18H2,1-5H3. The molecule has 1 aliphatic heterocycles. The van der Waals surface area contributed by atoms with Crippen molar-refractivity contribution in [3.63, 3.8) is 0 Å². The summed E-state index contributed by atoms with van der Waals surface area (Å²) in [6.07, 6.45) is 2.13. The Morgan fingerprint density at radius 3 is 2.42 bits per heavy atom. The van der Waals surface area contributed by atoms with Gasteiger partial charge in [0.1, 0.15) is 28.5 Å². The van der Waals surface area contributed by atoms with Gasteiger partial charge >= 0.3 is 11.9 Å². The summed E-state index contributed by atoms with van der Waals surface area (Å²) in [4.78, 5) is 38.1. The first kappa shape index (κ1) is 29.5. The third-order valence-corrected chi connectivity index (χ3v) is 8.01. The maximum Gasteiger partial charge on any atom is 0.350 e. The van der Waals surface area contributed by atoms with E-state index in [1.165, 1.54) is 42.7 Å². The summed E-state index contributed by atoms with van der Waals surface area (Å²) in [7, 11) is 1.50. The van der Waals surface area contributed by atoms with E-state index in [9.17, 15) is 19.7 Å². The van der Waals surface area contributed by atoms with Crippen molar-refractivity contribution in [1.29, 1.82) is 0 Å². The van der Waals surface area contributed by atoms with Crippen LogP contribution in [0.3, 0.4) is 0 Å². The molecule has 0 saturated carbocycles. The summed E-state index contributed by atoms with van der Waals surface area (Å²) in [5, 5.41) is 14.9. The van der Waals surface area contributed by atoms with E-state index in [1.807, 2.05) is 32.0 Å². The first-order valence-electron chi connectivity index (χ1n) is 13.5. The summed E-state index contributed by atoms with van der Waals surface area (Å²) in [5.74, 6) is -0.708. The van der Waals surface area contributed by atoms with Crippen LogP contribution in [0.1, 0.15) is 56.8 Å². The van der Waals surface area contributed by atoms with Gasteiger partial charge in [-0.15, -0.1) is 11.3 Å². The smallest absolute Gasteiger partial charge is 0.350 e. The Morgan fingerprint density at radius 1 is 0.977 bits per heavy atom. The summed E-state index contributed by atoms with van der Waals surface area (Å²) in [5.41, 5.74) is 4.37. The highest BCUT2D eigenvalue weighted by Crippen LogP contribution is 2.43. The first-order valence-corrected chi connectivity index (χ1v) is 14.3. The zero-order chi connectivity index (χ0) is 30.9. The number of ether oxygens (including phenoxy) is 3. The van der Waals surface area contributed by atoms with Crippen molar-refractivity contribution in [1.82, 2.24) is 0 Å². The van der Waals surface area contributed by atoms with Gasteiger partial charge in [-0.1, -0.05) is 24.3 Å². The van der Waals surface area contributed by atoms with E-state index >= 15 is 0 Å². The van der Waals surface area contributed by atoms with Gasteiger partial charge in [0.2, 0.25) is 0 Å². The van der Waals surface area contributed by atoms with Crippen molar-refractivity contribution in [2.24, 2.45) is 0 Å². The second kappa shape index (κ2) is 11.7. The van der Waals surface area contributed by atoms with E-state index < -0.39 is 16.9 Å². The second-order valence-electron chi connectivity index (χ2n) is 10.7. The van der Waals surface area contributed by atoms with Crippen LogP contribution in [0.25, 0.3) is 16.7 Å². The molecule has 9 nitrogen and oxygen atoms in total. The highest BCUT2D eigenvalue weighted by Gasteiger charge is 2.28. The Balaban J connectivity index is 1.53. The number of nitro groups is 1. The van der Waals surface area contributed by atoms with Crippen LogP contribution in [0.5, 0.6) is 11.5 Å². The van der Waals surface area contributed by atoms with Gasteiger partial charge in [0, 0.05) is 39.4 Å². The molecular formula is C33H30N2O7S. The predicted molar refractivity (Wildman–Crippen MR) is 166 cm³/mol. The van der Waals surface area contributed by atoms with Crippen LogP contribution < -0.4 is 14.8 Å². The molecule has 43 heavy (non-hydrogen) atoms. The van der Waals surface area contributed by atoms with E-state index in [-0.39, 0.29) is 29.1 Å². The highest BCUT2D eigenvalue weighted by atomic mass is 32.1. The maximum absolute atomic E-state index is 12.9. The minimum atomic E-state index is -0.859. The van der Waals surface area contributed by atoms with Gasteiger partial charge in [-0.05, 0) is 75.2 Å². The number of nitro benzene ring substituents is 1. The van der Waals surface area contributed by atoms with Crippen LogP contribution in [0.15, 0.2) is 72.8 Å². The molecule has 0 aliphatic carbocycles. The van der Waals surface area contributed by atoms with Gasteiger partial charge in [-0.25, -0.2) is 9.59 Å². The van der Waals surface area contributed by atoms with Gasteiger partial charge in [-0.3, -0.25) is 10.1 Å². The number of carbonyl (C=O) groups is 2. The number of aryl methyl sites for hydroxylation is 1. The van der Waals surface area contributed by atoms with Crippen LogP contribution in [-0.2, 0) is 11.3 Å². The number of nitrogens with zero attached hydrogens (tertiary/aromatic N) is 1. The quantitative estimate of drug-likeness (QED) is 0.0944. The van der Waals surface area contributed by atoms with Crippen LogP contribution in [0.4, 0.5) is 11.4 Å². The average molecular weight is 599 g/mol. The van der Waals surface area contributed by atoms with Crippen molar-refractivity contribution in [2.75, 3.05) is 12.4 Å². The third kappa shape index (κ3) is 6.14. The van der Waals surface area contributed by atoms with Gasteiger partial charge < -0.3 is 19.5 Å². The van der Waals surface area contributed by atoms with Gasteiger partial charge in [-0.2, -0.15) is 0 Å². The molecule has 0 saturated heterocycles. The summed E-state index contributed by atoms with van der Waals surface area (Å²) in [6, 6.07) is 18.1. The molecule has 10 heteroatoms. The Kier molecular flexibility index (Phi) is 8.06. The zero-order valence-corrected chi connectivity index (χ0v) is 25.2. The monoisotopic (exact) mass is 598 g/mol. The van der Waals surface area contributed by atoms with E-state index in [0.29, 0.717) is 16.2 Å². The molecule has 1 aliphatic rings. The van der Waals surface area contributed by atoms with Gasteiger partial charge in [0.05, 0.1) is 17.6 Å². The molecule has 0 spiro atoms. The number of hydrogen-bond donors (Lipinski definition) is 1. The molecule has 0 bridgehead atoms. The molecular weight excluding hydrogens is 568 g/mol. The Morgan fingerprint density at radius 2 is 1.72 bits per heavy atom. The van der Waals surface area contributed by atoms with E-state index in [1.54, 1.807) is 24.3 Å². The normalized spacial score (nSPS) is 13.3. The number of anilines is 1. The fourth-order valence-electron chi connectivity index (χ4n) is 5.28. The lowest BCUT2D eigenvalue weighted by Gasteiger charge is -2.33. The highest BCUT2D eigenvalue weighted by molar-refractivity contribution is 7.13. The Hall–Kier alpha value is -4.96. The third-order valence-electron chi connectivity index (χ3n) is 7.02. The molecule has 3 aromatic carbocycles. The number of thiophene rings is 1. The number of rotatable bonds is 8. The molecule has 220 valence electrons. The van der Waals surface area contributed by atoms with Crippen LogP contribution in [-0.4, -0.2) is 29.5 Å². The van der Waals surface area contributed by atoms with Crippen LogP contribution in [0.2, 0.25) is 0 Å². The molecule has 1 aromatic heterocycles. The topological polar surface area (TPSA) is 117 Å². The number of esters is 2. The van der Waals surface area contributed by atoms with Gasteiger partial charge in [0.15, 0.2) is 0 Å². The molecule has 4 aromatic rings. The maximum atomic E-state index is 12.9. The number of carbonyl (C=O) groups excluding carboxylic acids is 2. The molecule has 2 heterocycles. The number of benzene rings is 3. The molecule has 0 fully saturated rings. The number of hydrogen-bond acceptors (Lipinski definition) is 9. The Labute approximate surface area is 252 Å². The zero-order valence-electron chi connectivity index (χ0n) is 24.3. The number of para-hydroxylation sites is 1. The molecule has 0 amide bonds. The number of fused-ring (bicyclic) bond motifs is 1. The SMILES string of the molecule is COc1cc(OC(=O)c2ccccc2[N+](=O)[O-])ccc1-c1ccc2c(c1COC(=O)c1ccc(C)s1)C(C)=CC(C)(C)N2. The number of methoxy groups -OCH3 is 1. The van der Waals surface area contributed by atoms with Crippen molar-refractivity contribution in [3.8, 4) is 22.6 Å². The van der Waals surface area contributed by atoms with Gasteiger partial charge in [0.25, 0.3) is 5.69 Å². The van der Waals surface area contributed by atoms with Crippen molar-refractivity contribution in [3.05, 3.63) is 109 Å². The summed E-state index contributed by atoms with van der Waals surface area (Å²) in [6.45, 7) is 8.14. The molecule has 0 atom stereocenters. The van der Waals surface area contributed by atoms with Crippen LogP contribution >= 0.6 is 11.3 Å². The minimum Gasteiger partial charge on any atom is -0.496 e. The largest absolute Gasteiger partial charge is 0.496 e. The van der Waals surface area contributed by atoms with E-state index in [4.69, 9.17) is 14.2 Å². The average Bonchev–Trinajstić information content (AvgIpc) is 3.41. The lowest BCUT2D eigenvalue weighted by Crippen LogP contribution is -2.32. The lowest BCUT2D eigenvalue weighted by atomic mass is 9.85. The van der Waals surface area contributed by atoms with Crippen molar-refractivity contribution in [2.45, 2.75) is 39.8 Å². The minimum absolute atomic E-state index is 0.0130. The molecule has 5 rings (SSSR count).